The Morgan fingerprint density at radius 2 is 1.97 bits per heavy atom. The molecular weight excluding hydrogens is 436 g/mol. The highest BCUT2D eigenvalue weighted by atomic mass is 35.5. The van der Waals surface area contributed by atoms with Crippen molar-refractivity contribution in [1.82, 2.24) is 9.62 Å². The number of halogens is 1. The Hall–Kier alpha value is -2.09. The molecule has 1 saturated heterocycles. The van der Waals surface area contributed by atoms with Gasteiger partial charge in [-0.2, -0.15) is 4.31 Å². The molecule has 6 nitrogen and oxygen atoms in total. The average Bonchev–Trinajstić information content (AvgIpc) is 2.77. The van der Waals surface area contributed by atoms with Crippen molar-refractivity contribution in [1.29, 1.82) is 0 Å². The largest absolute Gasteiger partial charge is 0.496 e. The maximum absolute atomic E-state index is 13.0. The fourth-order valence-electron chi connectivity index (χ4n) is 3.96. The Morgan fingerprint density at radius 3 is 2.58 bits per heavy atom. The van der Waals surface area contributed by atoms with E-state index >= 15 is 0 Å². The lowest BCUT2D eigenvalue weighted by atomic mass is 9.96. The summed E-state index contributed by atoms with van der Waals surface area (Å²) in [5, 5.41) is 3.60. The van der Waals surface area contributed by atoms with E-state index in [-0.39, 0.29) is 29.3 Å². The minimum absolute atomic E-state index is 0.115. The lowest BCUT2D eigenvalue weighted by Crippen LogP contribution is -2.46. The predicted molar refractivity (Wildman–Crippen MR) is 122 cm³/mol. The maximum atomic E-state index is 13.0. The molecule has 1 N–H and O–H groups in total. The first-order valence-corrected chi connectivity index (χ1v) is 12.3. The first kappa shape index (κ1) is 23.6. The molecule has 168 valence electrons. The minimum atomic E-state index is -3.66. The summed E-state index contributed by atoms with van der Waals surface area (Å²) in [6.45, 7) is 4.57. The molecule has 2 atom stereocenters. The lowest BCUT2D eigenvalue weighted by molar-refractivity contribution is -0.126. The molecule has 3 rings (SSSR count). The molecule has 0 unspecified atom stereocenters. The number of carbonyl (C=O) groups excluding carboxylic acids is 1. The van der Waals surface area contributed by atoms with Gasteiger partial charge in [-0.05, 0) is 67.6 Å². The zero-order valence-corrected chi connectivity index (χ0v) is 19.7. The van der Waals surface area contributed by atoms with Crippen LogP contribution in [0.2, 0.25) is 5.02 Å². The topological polar surface area (TPSA) is 75.7 Å². The highest BCUT2D eigenvalue weighted by Gasteiger charge is 2.34. The van der Waals surface area contributed by atoms with Gasteiger partial charge in [0.1, 0.15) is 5.75 Å². The molecule has 1 heterocycles. The van der Waals surface area contributed by atoms with E-state index in [2.05, 4.69) is 5.32 Å². The number of amides is 1. The third kappa shape index (κ3) is 5.40. The molecule has 0 spiro atoms. The number of sulfonamides is 1. The fraction of sp³-hybridized carbons (Fsp3) is 0.435. The van der Waals surface area contributed by atoms with Crippen LogP contribution in [0.15, 0.2) is 47.4 Å². The van der Waals surface area contributed by atoms with E-state index in [1.165, 1.54) is 16.4 Å². The van der Waals surface area contributed by atoms with Gasteiger partial charge in [0.05, 0.1) is 24.0 Å². The zero-order chi connectivity index (χ0) is 22.6. The summed E-state index contributed by atoms with van der Waals surface area (Å²) in [4.78, 5) is 13.2. The van der Waals surface area contributed by atoms with Crippen LogP contribution < -0.4 is 10.1 Å². The standard InChI is InChI=1S/C23H29ClN2O4S/c1-4-21(17-7-12-22(30-3)16(2)14-17)25-23(27)18-6-5-13-26(15-18)31(28,29)20-10-8-19(24)9-11-20/h7-12,14,18,21H,4-6,13,15H2,1-3H3,(H,25,27)/t18-,21-/m0/s1. The van der Waals surface area contributed by atoms with Crippen molar-refractivity contribution in [2.24, 2.45) is 5.92 Å². The van der Waals surface area contributed by atoms with Gasteiger partial charge in [0, 0.05) is 18.1 Å². The van der Waals surface area contributed by atoms with Crippen LogP contribution in [0.1, 0.15) is 43.4 Å². The van der Waals surface area contributed by atoms with Crippen molar-refractivity contribution in [3.8, 4) is 5.75 Å². The first-order valence-electron chi connectivity index (χ1n) is 10.5. The Labute approximate surface area is 189 Å². The zero-order valence-electron chi connectivity index (χ0n) is 18.1. The Kier molecular flexibility index (Phi) is 7.62. The van der Waals surface area contributed by atoms with Crippen LogP contribution in [0.4, 0.5) is 0 Å². The summed E-state index contributed by atoms with van der Waals surface area (Å²) in [5.41, 5.74) is 2.01. The van der Waals surface area contributed by atoms with Gasteiger partial charge in [-0.3, -0.25) is 4.79 Å². The summed E-state index contributed by atoms with van der Waals surface area (Å²) in [5.74, 6) is 0.306. The van der Waals surface area contributed by atoms with Crippen LogP contribution in [0, 0.1) is 12.8 Å². The molecule has 1 aliphatic heterocycles. The second-order valence-corrected chi connectivity index (χ2v) is 10.2. The summed E-state index contributed by atoms with van der Waals surface area (Å²) in [6.07, 6.45) is 2.04. The van der Waals surface area contributed by atoms with Gasteiger partial charge in [0.15, 0.2) is 0 Å². The lowest BCUT2D eigenvalue weighted by Gasteiger charge is -2.32. The SMILES string of the molecule is CC[C@H](NC(=O)[C@H]1CCCN(S(=O)(=O)c2ccc(Cl)cc2)C1)c1ccc(OC)c(C)c1. The monoisotopic (exact) mass is 464 g/mol. The van der Waals surface area contributed by atoms with Gasteiger partial charge in [-0.25, -0.2) is 8.42 Å². The van der Waals surface area contributed by atoms with Crippen molar-refractivity contribution < 1.29 is 17.9 Å². The number of hydrogen-bond acceptors (Lipinski definition) is 4. The number of piperidine rings is 1. The molecule has 0 bridgehead atoms. The summed E-state index contributed by atoms with van der Waals surface area (Å²) >= 11 is 5.88. The minimum Gasteiger partial charge on any atom is -0.496 e. The van der Waals surface area contributed by atoms with Crippen LogP contribution in [-0.4, -0.2) is 38.8 Å². The molecule has 0 radical (unpaired) electrons. The highest BCUT2D eigenvalue weighted by molar-refractivity contribution is 7.89. The number of hydrogen-bond donors (Lipinski definition) is 1. The van der Waals surface area contributed by atoms with Crippen molar-refractivity contribution in [3.05, 3.63) is 58.6 Å². The molecule has 0 aromatic heterocycles. The van der Waals surface area contributed by atoms with Gasteiger partial charge in [-0.15, -0.1) is 0 Å². The molecule has 8 heteroatoms. The predicted octanol–water partition coefficient (Wildman–Crippen LogP) is 4.33. The molecule has 0 aliphatic carbocycles. The van der Waals surface area contributed by atoms with Gasteiger partial charge >= 0.3 is 0 Å². The maximum Gasteiger partial charge on any atom is 0.243 e. The molecule has 1 fully saturated rings. The van der Waals surface area contributed by atoms with E-state index in [4.69, 9.17) is 16.3 Å². The van der Waals surface area contributed by atoms with Crippen molar-refractivity contribution >= 4 is 27.5 Å². The first-order chi connectivity index (χ1) is 14.8. The quantitative estimate of drug-likeness (QED) is 0.661. The molecule has 2 aromatic rings. The van der Waals surface area contributed by atoms with E-state index in [9.17, 15) is 13.2 Å². The van der Waals surface area contributed by atoms with E-state index in [1.807, 2.05) is 32.0 Å². The fourth-order valence-corrected chi connectivity index (χ4v) is 5.61. The smallest absolute Gasteiger partial charge is 0.243 e. The number of ether oxygens (including phenoxy) is 1. The Morgan fingerprint density at radius 1 is 1.26 bits per heavy atom. The number of aryl methyl sites for hydroxylation is 1. The van der Waals surface area contributed by atoms with Crippen LogP contribution >= 0.6 is 11.6 Å². The van der Waals surface area contributed by atoms with Gasteiger partial charge in [0.2, 0.25) is 15.9 Å². The number of nitrogens with one attached hydrogen (secondary N) is 1. The van der Waals surface area contributed by atoms with E-state index < -0.39 is 10.0 Å². The molecular formula is C23H29ClN2O4S. The Balaban J connectivity index is 1.71. The third-order valence-corrected chi connectivity index (χ3v) is 7.88. The third-order valence-electron chi connectivity index (χ3n) is 5.75. The van der Waals surface area contributed by atoms with Crippen LogP contribution in [0.25, 0.3) is 0 Å². The Bertz CT molecular complexity index is 1020. The van der Waals surface area contributed by atoms with Gasteiger partial charge < -0.3 is 10.1 Å². The summed E-state index contributed by atoms with van der Waals surface area (Å²) in [6, 6.07) is 11.9. The molecule has 31 heavy (non-hydrogen) atoms. The van der Waals surface area contributed by atoms with Crippen molar-refractivity contribution in [2.45, 2.75) is 44.0 Å². The van der Waals surface area contributed by atoms with E-state index in [0.29, 0.717) is 24.4 Å². The molecule has 2 aromatic carbocycles. The number of benzene rings is 2. The average molecular weight is 465 g/mol. The summed E-state index contributed by atoms with van der Waals surface area (Å²) in [7, 11) is -2.03. The number of nitrogens with zero attached hydrogens (tertiary/aromatic N) is 1. The molecule has 1 amide bonds. The number of carbonyl (C=O) groups is 1. The highest BCUT2D eigenvalue weighted by Crippen LogP contribution is 2.27. The second kappa shape index (κ2) is 10.0. The van der Waals surface area contributed by atoms with E-state index in [0.717, 1.165) is 23.3 Å². The normalized spacial score (nSPS) is 18.4. The second-order valence-electron chi connectivity index (χ2n) is 7.85. The van der Waals surface area contributed by atoms with Gasteiger partial charge in [-0.1, -0.05) is 30.7 Å². The van der Waals surface area contributed by atoms with Crippen LogP contribution in [0.5, 0.6) is 5.75 Å². The van der Waals surface area contributed by atoms with Crippen LogP contribution in [-0.2, 0) is 14.8 Å². The van der Waals surface area contributed by atoms with Crippen molar-refractivity contribution in [2.75, 3.05) is 20.2 Å². The number of methoxy groups -OCH3 is 1. The van der Waals surface area contributed by atoms with E-state index in [1.54, 1.807) is 19.2 Å². The number of rotatable bonds is 7. The summed E-state index contributed by atoms with van der Waals surface area (Å²) < 4.78 is 32.7. The molecule has 0 saturated carbocycles. The van der Waals surface area contributed by atoms with Crippen LogP contribution in [0.3, 0.4) is 0 Å². The van der Waals surface area contributed by atoms with Crippen molar-refractivity contribution in [3.63, 3.8) is 0 Å². The van der Waals surface area contributed by atoms with Gasteiger partial charge in [0.25, 0.3) is 0 Å². The molecule has 1 aliphatic rings.